The van der Waals surface area contributed by atoms with Crippen molar-refractivity contribution in [1.29, 1.82) is 0 Å². The fourth-order valence-corrected chi connectivity index (χ4v) is 3.47. The van der Waals surface area contributed by atoms with Gasteiger partial charge in [0.2, 0.25) is 0 Å². The quantitative estimate of drug-likeness (QED) is 0.780. The Bertz CT molecular complexity index is 583. The molecule has 0 bridgehead atoms. The maximum absolute atomic E-state index is 12.0. The molecule has 0 aliphatic heterocycles. The number of hydrogen-bond donors (Lipinski definition) is 0. The topological polar surface area (TPSA) is 35.5 Å². The molecule has 0 atom stereocenters. The van der Waals surface area contributed by atoms with Gasteiger partial charge >= 0.3 is 0 Å². The van der Waals surface area contributed by atoms with Crippen molar-refractivity contribution in [2.45, 2.75) is 58.3 Å². The van der Waals surface area contributed by atoms with E-state index in [1.54, 1.807) is 21.1 Å². The van der Waals surface area contributed by atoms with E-state index in [0.717, 1.165) is 29.9 Å². The summed E-state index contributed by atoms with van der Waals surface area (Å²) in [4.78, 5) is 12.0. The Labute approximate surface area is 127 Å². The van der Waals surface area contributed by atoms with Crippen molar-refractivity contribution in [3.05, 3.63) is 22.8 Å². The number of rotatable bonds is 3. The summed E-state index contributed by atoms with van der Waals surface area (Å²) < 4.78 is 11.3. The second kappa shape index (κ2) is 5.04. The van der Waals surface area contributed by atoms with E-state index in [1.807, 2.05) is 6.07 Å². The van der Waals surface area contributed by atoms with Crippen LogP contribution in [0.15, 0.2) is 6.07 Å². The van der Waals surface area contributed by atoms with Crippen LogP contribution in [0, 0.1) is 0 Å². The van der Waals surface area contributed by atoms with Gasteiger partial charge in [-0.05, 0) is 36.7 Å². The van der Waals surface area contributed by atoms with Crippen LogP contribution in [-0.2, 0) is 10.8 Å². The highest BCUT2D eigenvalue weighted by atomic mass is 16.5. The maximum atomic E-state index is 12.0. The highest BCUT2D eigenvalue weighted by molar-refractivity contribution is 5.98. The lowest BCUT2D eigenvalue weighted by Gasteiger charge is -2.43. The fourth-order valence-electron chi connectivity index (χ4n) is 3.47. The molecule has 0 amide bonds. The van der Waals surface area contributed by atoms with Gasteiger partial charge in [-0.3, -0.25) is 4.79 Å². The molecule has 3 nitrogen and oxygen atoms in total. The molecule has 2 rings (SSSR count). The van der Waals surface area contributed by atoms with Gasteiger partial charge in [-0.15, -0.1) is 0 Å². The van der Waals surface area contributed by atoms with E-state index in [2.05, 4.69) is 27.7 Å². The average molecular weight is 290 g/mol. The van der Waals surface area contributed by atoms with Gasteiger partial charge in [0, 0.05) is 11.1 Å². The van der Waals surface area contributed by atoms with E-state index in [-0.39, 0.29) is 16.6 Å². The summed E-state index contributed by atoms with van der Waals surface area (Å²) in [5.74, 6) is 1.52. The molecule has 3 heteroatoms. The summed E-state index contributed by atoms with van der Waals surface area (Å²) in [6.45, 7) is 10.5. The highest BCUT2D eigenvalue weighted by Crippen LogP contribution is 2.53. The molecule has 1 aromatic rings. The Kier molecular flexibility index (Phi) is 3.81. The largest absolute Gasteiger partial charge is 0.496 e. The number of Topliss-reactive ketones (excluding diaryl/α,β-unsaturated/α-hetero) is 1. The predicted octanol–water partition coefficient (Wildman–Crippen LogP) is 4.26. The molecule has 21 heavy (non-hydrogen) atoms. The predicted molar refractivity (Wildman–Crippen MR) is 84.8 cm³/mol. The fraction of sp³-hybridized carbons (Fsp3) is 0.611. The van der Waals surface area contributed by atoms with Gasteiger partial charge in [-0.2, -0.15) is 0 Å². The van der Waals surface area contributed by atoms with Crippen LogP contribution in [0.25, 0.3) is 0 Å². The third-order valence-corrected chi connectivity index (χ3v) is 4.78. The number of carbonyl (C=O) groups excluding carboxylic acids is 1. The number of ketones is 1. The molecule has 1 aromatic carbocycles. The van der Waals surface area contributed by atoms with Crippen LogP contribution in [0.3, 0.4) is 0 Å². The van der Waals surface area contributed by atoms with Crippen LogP contribution in [0.5, 0.6) is 11.5 Å². The minimum Gasteiger partial charge on any atom is -0.496 e. The minimum absolute atomic E-state index is 0.00660. The molecule has 0 saturated carbocycles. The van der Waals surface area contributed by atoms with Crippen molar-refractivity contribution >= 4 is 5.78 Å². The summed E-state index contributed by atoms with van der Waals surface area (Å²) in [5.41, 5.74) is 2.90. The number of carbonyl (C=O) groups is 1. The zero-order valence-corrected chi connectivity index (χ0v) is 14.2. The standard InChI is InChI=1S/C18H26O3/c1-11(19)12-10-13(20-6)14-15(16(12)21-7)18(4,5)9-8-17(14,2)3/h10H,8-9H2,1-7H3. The number of hydrogen-bond acceptors (Lipinski definition) is 3. The third kappa shape index (κ3) is 2.43. The first-order valence-corrected chi connectivity index (χ1v) is 7.46. The second-order valence-corrected chi connectivity index (χ2v) is 7.23. The van der Waals surface area contributed by atoms with Gasteiger partial charge in [0.15, 0.2) is 5.78 Å². The first kappa shape index (κ1) is 15.9. The van der Waals surface area contributed by atoms with Crippen LogP contribution in [0.2, 0.25) is 0 Å². The number of ether oxygens (including phenoxy) is 2. The molecule has 0 unspecified atom stereocenters. The van der Waals surface area contributed by atoms with Gasteiger partial charge in [-0.25, -0.2) is 0 Å². The van der Waals surface area contributed by atoms with Crippen LogP contribution in [0.1, 0.15) is 68.9 Å². The summed E-state index contributed by atoms with van der Waals surface area (Å²) in [6.07, 6.45) is 2.15. The first-order chi connectivity index (χ1) is 9.65. The molecule has 0 fully saturated rings. The normalized spacial score (nSPS) is 18.8. The molecule has 0 heterocycles. The molecule has 0 N–H and O–H groups in total. The third-order valence-electron chi connectivity index (χ3n) is 4.78. The van der Waals surface area contributed by atoms with E-state index in [4.69, 9.17) is 9.47 Å². The monoisotopic (exact) mass is 290 g/mol. The number of fused-ring (bicyclic) bond motifs is 1. The van der Waals surface area contributed by atoms with Crippen LogP contribution in [0.4, 0.5) is 0 Å². The Morgan fingerprint density at radius 2 is 1.52 bits per heavy atom. The lowest BCUT2D eigenvalue weighted by atomic mass is 9.62. The van der Waals surface area contributed by atoms with E-state index in [1.165, 1.54) is 5.56 Å². The molecule has 116 valence electrons. The van der Waals surface area contributed by atoms with Crippen molar-refractivity contribution in [3.63, 3.8) is 0 Å². The molecule has 0 aromatic heterocycles. The Hall–Kier alpha value is -1.51. The molecule has 1 aliphatic carbocycles. The zero-order valence-electron chi connectivity index (χ0n) is 14.2. The highest BCUT2D eigenvalue weighted by Gasteiger charge is 2.42. The van der Waals surface area contributed by atoms with Crippen LogP contribution in [-0.4, -0.2) is 20.0 Å². The molecular weight excluding hydrogens is 264 g/mol. The van der Waals surface area contributed by atoms with Gasteiger partial charge in [0.25, 0.3) is 0 Å². The van der Waals surface area contributed by atoms with Gasteiger partial charge in [-0.1, -0.05) is 27.7 Å². The number of benzene rings is 1. The lowest BCUT2D eigenvalue weighted by Crippen LogP contribution is -2.35. The Morgan fingerprint density at radius 1 is 1.00 bits per heavy atom. The van der Waals surface area contributed by atoms with Crippen LogP contribution < -0.4 is 9.47 Å². The van der Waals surface area contributed by atoms with Gasteiger partial charge in [0.05, 0.1) is 19.8 Å². The number of methoxy groups -OCH3 is 2. The SMILES string of the molecule is COc1cc(C(C)=O)c(OC)c2c1C(C)(C)CCC2(C)C. The van der Waals surface area contributed by atoms with E-state index in [9.17, 15) is 4.79 Å². The Balaban J connectivity index is 2.94. The van der Waals surface area contributed by atoms with Gasteiger partial charge in [0.1, 0.15) is 11.5 Å². The summed E-state index contributed by atoms with van der Waals surface area (Å²) in [7, 11) is 3.32. The van der Waals surface area contributed by atoms with Crippen molar-refractivity contribution in [3.8, 4) is 11.5 Å². The maximum Gasteiger partial charge on any atom is 0.163 e. The van der Waals surface area contributed by atoms with E-state index >= 15 is 0 Å². The second-order valence-electron chi connectivity index (χ2n) is 7.23. The minimum atomic E-state index is -0.0328. The molecule has 0 saturated heterocycles. The van der Waals surface area contributed by atoms with E-state index in [0.29, 0.717) is 5.56 Å². The summed E-state index contributed by atoms with van der Waals surface area (Å²) in [5, 5.41) is 0. The van der Waals surface area contributed by atoms with Crippen molar-refractivity contribution in [2.75, 3.05) is 14.2 Å². The first-order valence-electron chi connectivity index (χ1n) is 7.46. The van der Waals surface area contributed by atoms with Gasteiger partial charge < -0.3 is 9.47 Å². The van der Waals surface area contributed by atoms with Crippen molar-refractivity contribution in [1.82, 2.24) is 0 Å². The lowest BCUT2D eigenvalue weighted by molar-refractivity contribution is 0.101. The average Bonchev–Trinajstić information content (AvgIpc) is 2.41. The Morgan fingerprint density at radius 3 is 1.95 bits per heavy atom. The molecule has 1 aliphatic rings. The molecular formula is C18H26O3. The van der Waals surface area contributed by atoms with E-state index < -0.39 is 0 Å². The molecule has 0 spiro atoms. The zero-order chi connectivity index (χ0) is 16.0. The van der Waals surface area contributed by atoms with Crippen molar-refractivity contribution in [2.24, 2.45) is 0 Å². The van der Waals surface area contributed by atoms with Crippen molar-refractivity contribution < 1.29 is 14.3 Å². The summed E-state index contributed by atoms with van der Waals surface area (Å²) >= 11 is 0. The smallest absolute Gasteiger partial charge is 0.163 e. The summed E-state index contributed by atoms with van der Waals surface area (Å²) in [6, 6.07) is 1.84. The molecule has 0 radical (unpaired) electrons. The van der Waals surface area contributed by atoms with Crippen LogP contribution >= 0.6 is 0 Å².